The number of nitrogens with zero attached hydrogens (tertiary/aromatic N) is 1. The van der Waals surface area contributed by atoms with Crippen LogP contribution >= 0.6 is 0 Å². The Balaban J connectivity index is 2.28. The summed E-state index contributed by atoms with van der Waals surface area (Å²) in [6, 6.07) is 11.3. The van der Waals surface area contributed by atoms with Gasteiger partial charge in [-0.3, -0.25) is 0 Å². The second kappa shape index (κ2) is 4.59. The Morgan fingerprint density at radius 3 is 2.56 bits per heavy atom. The fourth-order valence-electron chi connectivity index (χ4n) is 1.27. The molecule has 0 atom stereocenters. The molecule has 0 radical (unpaired) electrons. The average Bonchev–Trinajstić information content (AvgIpc) is 2.32. The van der Waals surface area contributed by atoms with Crippen LogP contribution in [0.5, 0.6) is 0 Å². The van der Waals surface area contributed by atoms with E-state index in [9.17, 15) is 4.39 Å². The monoisotopic (exact) mass is 211 g/mol. The van der Waals surface area contributed by atoms with Crippen LogP contribution in [-0.2, 0) is 0 Å². The third kappa shape index (κ3) is 2.46. The number of rotatable bonds is 0. The van der Waals surface area contributed by atoms with Gasteiger partial charge in [-0.25, -0.2) is 9.37 Å². The molecule has 0 spiro atoms. The number of aromatic nitrogens is 1. The molecule has 0 aliphatic carbocycles. The van der Waals surface area contributed by atoms with Crippen LogP contribution in [0.25, 0.3) is 0 Å². The molecule has 0 aliphatic rings. The van der Waals surface area contributed by atoms with Gasteiger partial charge in [0.25, 0.3) is 0 Å². The first-order chi connectivity index (χ1) is 7.75. The number of hydrogen-bond donors (Lipinski definition) is 0. The van der Waals surface area contributed by atoms with E-state index < -0.39 is 0 Å². The molecule has 0 saturated carbocycles. The summed E-state index contributed by atoms with van der Waals surface area (Å²) in [5.74, 6) is 5.57. The van der Waals surface area contributed by atoms with Crippen molar-refractivity contribution in [2.75, 3.05) is 0 Å². The van der Waals surface area contributed by atoms with Gasteiger partial charge in [0, 0.05) is 5.56 Å². The molecule has 2 heteroatoms. The molecule has 0 amide bonds. The van der Waals surface area contributed by atoms with Crippen LogP contribution in [0.1, 0.15) is 16.8 Å². The van der Waals surface area contributed by atoms with Crippen molar-refractivity contribution >= 4 is 0 Å². The van der Waals surface area contributed by atoms with E-state index in [1.165, 1.54) is 6.20 Å². The molecule has 0 saturated heterocycles. The number of pyridine rings is 1. The highest BCUT2D eigenvalue weighted by Crippen LogP contribution is 2.05. The molecular weight excluding hydrogens is 201 g/mol. The first kappa shape index (κ1) is 10.4. The minimum Gasteiger partial charge on any atom is -0.245 e. The van der Waals surface area contributed by atoms with Crippen molar-refractivity contribution in [3.05, 3.63) is 65.2 Å². The van der Waals surface area contributed by atoms with E-state index >= 15 is 0 Å². The summed E-state index contributed by atoms with van der Waals surface area (Å²) < 4.78 is 13.0. The topological polar surface area (TPSA) is 12.9 Å². The molecule has 0 N–H and O–H groups in total. The van der Waals surface area contributed by atoms with E-state index in [0.29, 0.717) is 11.3 Å². The van der Waals surface area contributed by atoms with Crippen LogP contribution < -0.4 is 0 Å². The van der Waals surface area contributed by atoms with Crippen LogP contribution in [0.3, 0.4) is 0 Å². The van der Waals surface area contributed by atoms with Crippen molar-refractivity contribution in [3.63, 3.8) is 0 Å². The van der Waals surface area contributed by atoms with E-state index in [1.54, 1.807) is 13.0 Å². The number of benzene rings is 1. The lowest BCUT2D eigenvalue weighted by Gasteiger charge is -1.94. The number of aryl methyl sites for hydroxylation is 1. The summed E-state index contributed by atoms with van der Waals surface area (Å²) >= 11 is 0. The number of halogens is 1. The number of hydrogen-bond acceptors (Lipinski definition) is 1. The van der Waals surface area contributed by atoms with Gasteiger partial charge in [0.2, 0.25) is 0 Å². The van der Waals surface area contributed by atoms with Gasteiger partial charge in [-0.15, -0.1) is 0 Å². The van der Waals surface area contributed by atoms with Crippen LogP contribution in [-0.4, -0.2) is 4.98 Å². The quantitative estimate of drug-likeness (QED) is 0.610. The van der Waals surface area contributed by atoms with Crippen LogP contribution in [0.4, 0.5) is 4.39 Å². The van der Waals surface area contributed by atoms with Gasteiger partial charge in [0.05, 0.1) is 6.20 Å². The predicted molar refractivity (Wildman–Crippen MR) is 61.4 cm³/mol. The molecule has 16 heavy (non-hydrogen) atoms. The molecule has 2 rings (SSSR count). The van der Waals surface area contributed by atoms with E-state index in [0.717, 1.165) is 5.56 Å². The molecule has 0 fully saturated rings. The zero-order chi connectivity index (χ0) is 11.4. The van der Waals surface area contributed by atoms with Crippen molar-refractivity contribution in [2.24, 2.45) is 0 Å². The van der Waals surface area contributed by atoms with Gasteiger partial charge in [-0.05, 0) is 36.6 Å². The normalized spacial score (nSPS) is 9.38. The Hall–Kier alpha value is -2.14. The van der Waals surface area contributed by atoms with Crippen molar-refractivity contribution < 1.29 is 4.39 Å². The molecule has 1 heterocycles. The van der Waals surface area contributed by atoms with Gasteiger partial charge < -0.3 is 0 Å². The molecule has 0 unspecified atom stereocenters. The Morgan fingerprint density at radius 1 is 1.12 bits per heavy atom. The highest BCUT2D eigenvalue weighted by molar-refractivity contribution is 5.40. The standard InChI is InChI=1S/C14H10FN/c1-11-9-13(16-10-14(11)15)8-7-12-5-3-2-4-6-12/h2-6,9-10H,1H3. The van der Waals surface area contributed by atoms with Crippen LogP contribution in [0.2, 0.25) is 0 Å². The zero-order valence-corrected chi connectivity index (χ0v) is 8.87. The summed E-state index contributed by atoms with van der Waals surface area (Å²) in [7, 11) is 0. The van der Waals surface area contributed by atoms with Gasteiger partial charge in [0.1, 0.15) is 11.5 Å². The Labute approximate surface area is 94.0 Å². The van der Waals surface area contributed by atoms with E-state index in [-0.39, 0.29) is 5.82 Å². The molecule has 78 valence electrons. The van der Waals surface area contributed by atoms with Gasteiger partial charge in [-0.2, -0.15) is 0 Å². The lowest BCUT2D eigenvalue weighted by atomic mass is 10.2. The van der Waals surface area contributed by atoms with Crippen molar-refractivity contribution in [3.8, 4) is 11.8 Å². The Kier molecular flexibility index (Phi) is 2.98. The molecule has 0 bridgehead atoms. The molecule has 1 nitrogen and oxygen atoms in total. The van der Waals surface area contributed by atoms with Crippen LogP contribution in [0.15, 0.2) is 42.6 Å². The minimum atomic E-state index is -0.301. The summed E-state index contributed by atoms with van der Waals surface area (Å²) in [6.45, 7) is 1.70. The first-order valence-corrected chi connectivity index (χ1v) is 4.95. The Bertz CT molecular complexity index is 550. The highest BCUT2D eigenvalue weighted by atomic mass is 19.1. The third-order valence-electron chi connectivity index (χ3n) is 2.16. The zero-order valence-electron chi connectivity index (χ0n) is 8.87. The smallest absolute Gasteiger partial charge is 0.144 e. The highest BCUT2D eigenvalue weighted by Gasteiger charge is 1.97. The largest absolute Gasteiger partial charge is 0.245 e. The summed E-state index contributed by atoms with van der Waals surface area (Å²) in [5, 5.41) is 0. The summed E-state index contributed by atoms with van der Waals surface area (Å²) in [5.41, 5.74) is 2.07. The molecule has 1 aromatic heterocycles. The van der Waals surface area contributed by atoms with Crippen LogP contribution in [0, 0.1) is 24.6 Å². The maximum atomic E-state index is 13.0. The second-order valence-corrected chi connectivity index (χ2v) is 3.43. The second-order valence-electron chi connectivity index (χ2n) is 3.43. The third-order valence-corrected chi connectivity index (χ3v) is 2.16. The molecule has 1 aromatic carbocycles. The van der Waals surface area contributed by atoms with E-state index in [4.69, 9.17) is 0 Å². The lowest BCUT2D eigenvalue weighted by molar-refractivity contribution is 0.611. The van der Waals surface area contributed by atoms with Crippen molar-refractivity contribution in [2.45, 2.75) is 6.92 Å². The van der Waals surface area contributed by atoms with Crippen molar-refractivity contribution in [1.82, 2.24) is 4.98 Å². The van der Waals surface area contributed by atoms with E-state index in [2.05, 4.69) is 16.8 Å². The maximum absolute atomic E-state index is 13.0. The fraction of sp³-hybridized carbons (Fsp3) is 0.0714. The lowest BCUT2D eigenvalue weighted by Crippen LogP contribution is -1.88. The Morgan fingerprint density at radius 2 is 1.88 bits per heavy atom. The molecule has 2 aromatic rings. The van der Waals surface area contributed by atoms with Gasteiger partial charge in [-0.1, -0.05) is 24.1 Å². The van der Waals surface area contributed by atoms with Crippen molar-refractivity contribution in [1.29, 1.82) is 0 Å². The maximum Gasteiger partial charge on any atom is 0.144 e. The molecule has 0 aliphatic heterocycles. The summed E-state index contributed by atoms with van der Waals surface area (Å²) in [4.78, 5) is 3.91. The SMILES string of the molecule is Cc1cc(C#Cc2ccccc2)ncc1F. The van der Waals surface area contributed by atoms with Gasteiger partial charge in [0.15, 0.2) is 0 Å². The first-order valence-electron chi connectivity index (χ1n) is 4.95. The minimum absolute atomic E-state index is 0.301. The predicted octanol–water partition coefficient (Wildman–Crippen LogP) is 2.93. The fourth-order valence-corrected chi connectivity index (χ4v) is 1.27. The average molecular weight is 211 g/mol. The van der Waals surface area contributed by atoms with Gasteiger partial charge >= 0.3 is 0 Å². The van der Waals surface area contributed by atoms with E-state index in [1.807, 2.05) is 30.3 Å². The summed E-state index contributed by atoms with van der Waals surface area (Å²) in [6.07, 6.45) is 1.20. The molecular formula is C14H10FN.